The standard InChI is InChI=1S/C20H35NO4/c1-13(2)15-12-17(24-18(15)22)16(11-14-9-7-6-8-10-14)21-19(23)25-20(3,4)5/h13-17H,6-12H2,1-5H3,(H,21,23)/t15-,16?,17-/m0/s1. The first-order chi connectivity index (χ1) is 11.7. The van der Waals surface area contributed by atoms with Crippen molar-refractivity contribution >= 4 is 12.1 Å². The predicted octanol–water partition coefficient (Wildman–Crippen LogP) is 4.44. The fourth-order valence-electron chi connectivity index (χ4n) is 3.97. The lowest BCUT2D eigenvalue weighted by molar-refractivity contribution is -0.146. The molecule has 1 saturated heterocycles. The van der Waals surface area contributed by atoms with Gasteiger partial charge in [-0.15, -0.1) is 0 Å². The normalized spacial score (nSPS) is 26.4. The summed E-state index contributed by atoms with van der Waals surface area (Å²) in [5.74, 6) is 0.652. The Morgan fingerprint density at radius 2 is 1.88 bits per heavy atom. The number of carbonyl (C=O) groups is 2. The van der Waals surface area contributed by atoms with Crippen LogP contribution in [0.2, 0.25) is 0 Å². The molecule has 1 heterocycles. The summed E-state index contributed by atoms with van der Waals surface area (Å²) >= 11 is 0. The van der Waals surface area contributed by atoms with Gasteiger partial charge in [-0.3, -0.25) is 4.79 Å². The summed E-state index contributed by atoms with van der Waals surface area (Å²) in [5.41, 5.74) is -0.535. The van der Waals surface area contributed by atoms with Crippen LogP contribution in [0.5, 0.6) is 0 Å². The highest BCUT2D eigenvalue weighted by Crippen LogP contribution is 2.34. The SMILES string of the molecule is CC(C)[C@@H]1C[C@@H](C(CC2CCCCC2)NC(=O)OC(C)(C)C)OC1=O. The summed E-state index contributed by atoms with van der Waals surface area (Å²) in [5, 5.41) is 3.00. The van der Waals surface area contributed by atoms with Crippen molar-refractivity contribution in [3.05, 3.63) is 0 Å². The molecule has 0 bridgehead atoms. The molecular formula is C20H35NO4. The average molecular weight is 354 g/mol. The molecule has 144 valence electrons. The highest BCUT2D eigenvalue weighted by Gasteiger charge is 2.41. The molecule has 5 nitrogen and oxygen atoms in total. The van der Waals surface area contributed by atoms with Crippen molar-refractivity contribution < 1.29 is 19.1 Å². The maximum Gasteiger partial charge on any atom is 0.408 e. The molecule has 5 heteroatoms. The van der Waals surface area contributed by atoms with Gasteiger partial charge in [-0.25, -0.2) is 4.79 Å². The number of nitrogens with one attached hydrogen (secondary N) is 1. The minimum absolute atomic E-state index is 0.0701. The van der Waals surface area contributed by atoms with E-state index in [1.165, 1.54) is 32.1 Å². The second-order valence-corrected chi connectivity index (χ2v) is 9.05. The van der Waals surface area contributed by atoms with E-state index in [0.29, 0.717) is 12.3 Å². The lowest BCUT2D eigenvalue weighted by atomic mass is 9.82. The highest BCUT2D eigenvalue weighted by molar-refractivity contribution is 5.75. The first kappa shape index (κ1) is 20.1. The minimum Gasteiger partial charge on any atom is -0.460 e. The molecule has 0 aromatic carbocycles. The van der Waals surface area contributed by atoms with Crippen molar-refractivity contribution in [2.24, 2.45) is 17.8 Å². The monoisotopic (exact) mass is 353 g/mol. The predicted molar refractivity (Wildman–Crippen MR) is 97.2 cm³/mol. The van der Waals surface area contributed by atoms with Gasteiger partial charge in [0, 0.05) is 0 Å². The van der Waals surface area contributed by atoms with Crippen molar-refractivity contribution in [3.8, 4) is 0 Å². The van der Waals surface area contributed by atoms with Gasteiger partial charge in [0.15, 0.2) is 0 Å². The number of alkyl carbamates (subject to hydrolysis) is 1. The van der Waals surface area contributed by atoms with Crippen LogP contribution in [-0.4, -0.2) is 29.8 Å². The van der Waals surface area contributed by atoms with Gasteiger partial charge in [0.1, 0.15) is 11.7 Å². The smallest absolute Gasteiger partial charge is 0.408 e. The van der Waals surface area contributed by atoms with Crippen LogP contribution in [0.4, 0.5) is 4.79 Å². The molecule has 1 aliphatic carbocycles. The molecule has 0 spiro atoms. The number of cyclic esters (lactones) is 1. The molecule has 0 aromatic rings. The average Bonchev–Trinajstić information content (AvgIpc) is 2.88. The third kappa shape index (κ3) is 6.19. The van der Waals surface area contributed by atoms with Crippen LogP contribution < -0.4 is 5.32 Å². The third-order valence-corrected chi connectivity index (χ3v) is 5.32. The second-order valence-electron chi connectivity index (χ2n) is 9.05. The lowest BCUT2D eigenvalue weighted by Crippen LogP contribution is -2.46. The summed E-state index contributed by atoms with van der Waals surface area (Å²) in [6.45, 7) is 9.66. The Morgan fingerprint density at radius 1 is 1.24 bits per heavy atom. The topological polar surface area (TPSA) is 64.6 Å². The first-order valence-electron chi connectivity index (χ1n) is 9.85. The Hall–Kier alpha value is -1.26. The molecule has 1 saturated carbocycles. The number of hydrogen-bond acceptors (Lipinski definition) is 4. The van der Waals surface area contributed by atoms with Crippen molar-refractivity contribution in [2.45, 2.75) is 97.3 Å². The zero-order valence-electron chi connectivity index (χ0n) is 16.5. The summed E-state index contributed by atoms with van der Waals surface area (Å²) in [7, 11) is 0. The molecule has 3 atom stereocenters. The van der Waals surface area contributed by atoms with Crippen LogP contribution in [0.1, 0.15) is 79.6 Å². The molecule has 2 rings (SSSR count). The number of rotatable bonds is 5. The molecule has 1 aliphatic heterocycles. The first-order valence-corrected chi connectivity index (χ1v) is 9.85. The second kappa shape index (κ2) is 8.41. The Kier molecular flexibility index (Phi) is 6.75. The lowest BCUT2D eigenvalue weighted by Gasteiger charge is -2.31. The van der Waals surface area contributed by atoms with E-state index in [-0.39, 0.29) is 30.0 Å². The fourth-order valence-corrected chi connectivity index (χ4v) is 3.97. The Balaban J connectivity index is 2.03. The van der Waals surface area contributed by atoms with Crippen LogP contribution >= 0.6 is 0 Å². The summed E-state index contributed by atoms with van der Waals surface area (Å²) in [6.07, 6.45) is 7.08. The molecule has 2 fully saturated rings. The van der Waals surface area contributed by atoms with Crippen LogP contribution in [-0.2, 0) is 14.3 Å². The Bertz CT molecular complexity index is 463. The molecular weight excluding hydrogens is 318 g/mol. The van der Waals surface area contributed by atoms with Gasteiger partial charge < -0.3 is 14.8 Å². The Labute approximate surface area is 152 Å². The van der Waals surface area contributed by atoms with E-state index < -0.39 is 11.7 Å². The van der Waals surface area contributed by atoms with E-state index in [2.05, 4.69) is 5.32 Å². The van der Waals surface area contributed by atoms with Crippen LogP contribution in [0.3, 0.4) is 0 Å². The Morgan fingerprint density at radius 3 is 2.40 bits per heavy atom. The van der Waals surface area contributed by atoms with Gasteiger partial charge in [-0.1, -0.05) is 46.0 Å². The zero-order valence-corrected chi connectivity index (χ0v) is 16.5. The van der Waals surface area contributed by atoms with E-state index in [1.807, 2.05) is 34.6 Å². The van der Waals surface area contributed by atoms with Gasteiger partial charge in [0.05, 0.1) is 12.0 Å². The van der Waals surface area contributed by atoms with Gasteiger partial charge in [-0.05, 0) is 45.4 Å². The zero-order chi connectivity index (χ0) is 18.6. The summed E-state index contributed by atoms with van der Waals surface area (Å²) in [4.78, 5) is 24.5. The summed E-state index contributed by atoms with van der Waals surface area (Å²) in [6, 6.07) is -0.161. The number of esters is 1. The number of amides is 1. The van der Waals surface area contributed by atoms with Crippen LogP contribution in [0, 0.1) is 17.8 Å². The fraction of sp³-hybridized carbons (Fsp3) is 0.900. The quantitative estimate of drug-likeness (QED) is 0.742. The molecule has 1 unspecified atom stereocenters. The number of ether oxygens (including phenoxy) is 2. The van der Waals surface area contributed by atoms with E-state index >= 15 is 0 Å². The van der Waals surface area contributed by atoms with Crippen molar-refractivity contribution in [3.63, 3.8) is 0 Å². The van der Waals surface area contributed by atoms with Gasteiger partial charge in [0.2, 0.25) is 0 Å². The van der Waals surface area contributed by atoms with Crippen molar-refractivity contribution in [2.75, 3.05) is 0 Å². The van der Waals surface area contributed by atoms with Crippen molar-refractivity contribution in [1.29, 1.82) is 0 Å². The van der Waals surface area contributed by atoms with Crippen LogP contribution in [0.25, 0.3) is 0 Å². The molecule has 1 N–H and O–H groups in total. The van der Waals surface area contributed by atoms with Crippen LogP contribution in [0.15, 0.2) is 0 Å². The van der Waals surface area contributed by atoms with Gasteiger partial charge in [-0.2, -0.15) is 0 Å². The molecule has 25 heavy (non-hydrogen) atoms. The molecule has 1 amide bonds. The maximum absolute atomic E-state index is 12.3. The highest BCUT2D eigenvalue weighted by atomic mass is 16.6. The van der Waals surface area contributed by atoms with Crippen molar-refractivity contribution in [1.82, 2.24) is 5.32 Å². The van der Waals surface area contributed by atoms with E-state index in [1.54, 1.807) is 0 Å². The van der Waals surface area contributed by atoms with Gasteiger partial charge >= 0.3 is 12.1 Å². The minimum atomic E-state index is -0.535. The van der Waals surface area contributed by atoms with E-state index in [0.717, 1.165) is 6.42 Å². The van der Waals surface area contributed by atoms with E-state index in [4.69, 9.17) is 9.47 Å². The van der Waals surface area contributed by atoms with Gasteiger partial charge in [0.25, 0.3) is 0 Å². The number of hydrogen-bond donors (Lipinski definition) is 1. The molecule has 0 aromatic heterocycles. The largest absolute Gasteiger partial charge is 0.460 e. The summed E-state index contributed by atoms with van der Waals surface area (Å²) < 4.78 is 11.1. The molecule has 2 aliphatic rings. The van der Waals surface area contributed by atoms with E-state index in [9.17, 15) is 9.59 Å². The number of carbonyl (C=O) groups excluding carboxylic acids is 2. The maximum atomic E-state index is 12.3. The third-order valence-electron chi connectivity index (χ3n) is 5.32. The molecule has 0 radical (unpaired) electrons.